The van der Waals surface area contributed by atoms with Crippen LogP contribution in [0.1, 0.15) is 72.2 Å². The molecule has 5 rings (SSSR count). The van der Waals surface area contributed by atoms with E-state index in [9.17, 15) is 10.1 Å². The van der Waals surface area contributed by atoms with Gasteiger partial charge in [0.2, 0.25) is 11.6 Å². The molecule has 2 heterocycles. The average molecular weight is 567 g/mol. The molecule has 0 spiro atoms. The third kappa shape index (κ3) is 5.77. The zero-order valence-corrected chi connectivity index (χ0v) is 24.1. The SMILES string of the molecule is CCCCCCCOc1ccc(C2C(C#N)=C(N)Oc3cc(OC(=O)c4oc5ccccc5c4C)ccc32)cc1OC. The summed E-state index contributed by atoms with van der Waals surface area (Å²) in [6.07, 6.45) is 5.72. The number of carbonyl (C=O) groups is 1. The van der Waals surface area contributed by atoms with E-state index in [0.717, 1.165) is 23.8 Å². The Balaban J connectivity index is 1.39. The normalized spacial score (nSPS) is 14.2. The molecule has 8 nitrogen and oxygen atoms in total. The first-order valence-corrected chi connectivity index (χ1v) is 14.2. The predicted molar refractivity (Wildman–Crippen MR) is 159 cm³/mol. The van der Waals surface area contributed by atoms with Crippen molar-refractivity contribution in [3.05, 3.63) is 94.6 Å². The Morgan fingerprint density at radius 2 is 1.83 bits per heavy atom. The quantitative estimate of drug-likeness (QED) is 0.112. The molecule has 1 aliphatic rings. The number of rotatable bonds is 11. The number of methoxy groups -OCH3 is 1. The molecule has 0 bridgehead atoms. The van der Waals surface area contributed by atoms with Crippen molar-refractivity contribution in [1.82, 2.24) is 0 Å². The number of nitrogens with two attached hydrogens (primary N) is 1. The fourth-order valence-corrected chi connectivity index (χ4v) is 5.24. The van der Waals surface area contributed by atoms with Crippen molar-refractivity contribution < 1.29 is 28.2 Å². The van der Waals surface area contributed by atoms with Crippen LogP contribution < -0.4 is 24.7 Å². The van der Waals surface area contributed by atoms with Gasteiger partial charge in [0.15, 0.2) is 11.5 Å². The molecule has 216 valence electrons. The number of carbonyl (C=O) groups excluding carboxylic acids is 1. The number of unbranched alkanes of at least 4 members (excludes halogenated alkanes) is 4. The molecule has 1 unspecified atom stereocenters. The number of hydrogen-bond acceptors (Lipinski definition) is 8. The van der Waals surface area contributed by atoms with E-state index in [2.05, 4.69) is 13.0 Å². The molecule has 2 N–H and O–H groups in total. The van der Waals surface area contributed by atoms with Crippen LogP contribution in [0.25, 0.3) is 11.0 Å². The number of fused-ring (bicyclic) bond motifs is 2. The molecular weight excluding hydrogens is 532 g/mol. The minimum Gasteiger partial charge on any atom is -0.493 e. The summed E-state index contributed by atoms with van der Waals surface area (Å²) >= 11 is 0. The van der Waals surface area contributed by atoms with E-state index in [0.29, 0.717) is 40.6 Å². The smallest absolute Gasteiger partial charge is 0.379 e. The highest BCUT2D eigenvalue weighted by Gasteiger charge is 2.32. The van der Waals surface area contributed by atoms with Gasteiger partial charge in [-0.25, -0.2) is 4.79 Å². The standard InChI is InChI=1S/C34H34N2O6/c1-4-5-6-7-10-17-39-28-16-13-22(18-30(28)38-3)31-25-15-14-23(19-29(25)42-33(36)26(31)20-35)40-34(37)32-21(2)24-11-8-9-12-27(24)41-32/h8-9,11-16,18-19,31H,4-7,10,17,36H2,1-3H3. The van der Waals surface area contributed by atoms with Crippen molar-refractivity contribution in [2.75, 3.05) is 13.7 Å². The lowest BCUT2D eigenvalue weighted by Gasteiger charge is -2.27. The summed E-state index contributed by atoms with van der Waals surface area (Å²) in [5.74, 6) is 0.827. The van der Waals surface area contributed by atoms with Crippen LogP contribution in [0.3, 0.4) is 0 Å². The predicted octanol–water partition coefficient (Wildman–Crippen LogP) is 7.54. The minimum atomic E-state index is -0.622. The number of para-hydroxylation sites is 1. The van der Waals surface area contributed by atoms with Gasteiger partial charge >= 0.3 is 5.97 Å². The number of allylic oxidation sites excluding steroid dienone is 1. The number of ether oxygens (including phenoxy) is 4. The summed E-state index contributed by atoms with van der Waals surface area (Å²) in [5, 5.41) is 10.8. The number of esters is 1. The summed E-state index contributed by atoms with van der Waals surface area (Å²) < 4.78 is 28.9. The Hall–Kier alpha value is -4.90. The molecule has 0 saturated carbocycles. The van der Waals surface area contributed by atoms with Crippen molar-refractivity contribution in [3.8, 4) is 29.1 Å². The maximum atomic E-state index is 13.0. The summed E-state index contributed by atoms with van der Waals surface area (Å²) in [6, 6.07) is 20.3. The molecule has 3 aromatic carbocycles. The van der Waals surface area contributed by atoms with Crippen LogP contribution in [-0.2, 0) is 0 Å². The maximum Gasteiger partial charge on any atom is 0.379 e. The Morgan fingerprint density at radius 1 is 1.02 bits per heavy atom. The molecule has 42 heavy (non-hydrogen) atoms. The molecule has 1 aliphatic heterocycles. The van der Waals surface area contributed by atoms with Crippen molar-refractivity contribution in [3.63, 3.8) is 0 Å². The third-order valence-corrected chi connectivity index (χ3v) is 7.46. The van der Waals surface area contributed by atoms with Gasteiger partial charge in [0.05, 0.1) is 19.6 Å². The number of benzene rings is 3. The highest BCUT2D eigenvalue weighted by molar-refractivity contribution is 5.96. The van der Waals surface area contributed by atoms with Gasteiger partial charge in [-0.15, -0.1) is 0 Å². The van der Waals surface area contributed by atoms with Crippen molar-refractivity contribution in [2.45, 2.75) is 51.9 Å². The first-order valence-electron chi connectivity index (χ1n) is 14.2. The number of hydrogen-bond donors (Lipinski definition) is 1. The Bertz CT molecular complexity index is 1680. The molecule has 0 fully saturated rings. The first kappa shape index (κ1) is 28.6. The van der Waals surface area contributed by atoms with E-state index in [4.69, 9.17) is 29.1 Å². The molecular formula is C34H34N2O6. The van der Waals surface area contributed by atoms with Crippen LogP contribution in [-0.4, -0.2) is 19.7 Å². The Labute approximate surface area is 245 Å². The van der Waals surface area contributed by atoms with Crippen LogP contribution >= 0.6 is 0 Å². The van der Waals surface area contributed by atoms with Gasteiger partial charge < -0.3 is 29.1 Å². The second kappa shape index (κ2) is 12.7. The van der Waals surface area contributed by atoms with Crippen LogP contribution in [0.4, 0.5) is 0 Å². The van der Waals surface area contributed by atoms with E-state index in [-0.39, 0.29) is 23.0 Å². The maximum absolute atomic E-state index is 13.0. The largest absolute Gasteiger partial charge is 0.493 e. The van der Waals surface area contributed by atoms with Crippen molar-refractivity contribution in [2.24, 2.45) is 5.73 Å². The zero-order chi connectivity index (χ0) is 29.6. The number of aryl methyl sites for hydroxylation is 1. The van der Waals surface area contributed by atoms with Gasteiger partial charge in [-0.05, 0) is 43.2 Å². The molecule has 0 amide bonds. The lowest BCUT2D eigenvalue weighted by atomic mass is 9.83. The summed E-state index contributed by atoms with van der Waals surface area (Å²) in [6.45, 7) is 4.61. The second-order valence-corrected chi connectivity index (χ2v) is 10.2. The lowest BCUT2D eigenvalue weighted by Crippen LogP contribution is -2.21. The minimum absolute atomic E-state index is 0.0158. The van der Waals surface area contributed by atoms with Gasteiger partial charge in [-0.1, -0.05) is 62.9 Å². The monoisotopic (exact) mass is 566 g/mol. The molecule has 1 aromatic heterocycles. The zero-order valence-electron chi connectivity index (χ0n) is 24.1. The summed E-state index contributed by atoms with van der Waals surface area (Å²) in [5.41, 5.74) is 9.28. The van der Waals surface area contributed by atoms with Gasteiger partial charge in [0.25, 0.3) is 0 Å². The topological polar surface area (TPSA) is 117 Å². The number of nitrogens with zero attached hydrogens (tertiary/aromatic N) is 1. The fourth-order valence-electron chi connectivity index (χ4n) is 5.24. The van der Waals surface area contributed by atoms with E-state index in [1.807, 2.05) is 43.3 Å². The Kier molecular flexibility index (Phi) is 8.68. The average Bonchev–Trinajstić information content (AvgIpc) is 3.34. The molecule has 0 aliphatic carbocycles. The van der Waals surface area contributed by atoms with E-state index >= 15 is 0 Å². The van der Waals surface area contributed by atoms with Crippen LogP contribution in [0.5, 0.6) is 23.0 Å². The van der Waals surface area contributed by atoms with E-state index < -0.39 is 11.9 Å². The number of furan rings is 1. The van der Waals surface area contributed by atoms with Crippen molar-refractivity contribution in [1.29, 1.82) is 5.26 Å². The van der Waals surface area contributed by atoms with Gasteiger partial charge in [0, 0.05) is 22.6 Å². The molecule has 1 atom stereocenters. The molecule has 0 radical (unpaired) electrons. The summed E-state index contributed by atoms with van der Waals surface area (Å²) in [4.78, 5) is 13.0. The second-order valence-electron chi connectivity index (χ2n) is 10.2. The molecule has 4 aromatic rings. The lowest BCUT2D eigenvalue weighted by molar-refractivity contribution is 0.0702. The fraction of sp³-hybridized carbons (Fsp3) is 0.294. The van der Waals surface area contributed by atoms with E-state index in [1.165, 1.54) is 19.3 Å². The van der Waals surface area contributed by atoms with Gasteiger partial charge in [0.1, 0.15) is 28.7 Å². The van der Waals surface area contributed by atoms with Crippen molar-refractivity contribution >= 4 is 16.9 Å². The number of nitriles is 1. The first-order chi connectivity index (χ1) is 20.4. The van der Waals surface area contributed by atoms with Crippen LogP contribution in [0.15, 0.2) is 76.5 Å². The van der Waals surface area contributed by atoms with Crippen LogP contribution in [0, 0.1) is 18.3 Å². The Morgan fingerprint density at radius 3 is 2.60 bits per heavy atom. The molecule has 8 heteroatoms. The van der Waals surface area contributed by atoms with E-state index in [1.54, 1.807) is 31.4 Å². The molecule has 0 saturated heterocycles. The van der Waals surface area contributed by atoms with Gasteiger partial charge in [-0.3, -0.25) is 0 Å². The summed E-state index contributed by atoms with van der Waals surface area (Å²) in [7, 11) is 1.59. The van der Waals surface area contributed by atoms with Crippen LogP contribution in [0.2, 0.25) is 0 Å². The van der Waals surface area contributed by atoms with Gasteiger partial charge in [-0.2, -0.15) is 5.26 Å². The highest BCUT2D eigenvalue weighted by atomic mass is 16.5. The third-order valence-electron chi connectivity index (χ3n) is 7.46. The highest BCUT2D eigenvalue weighted by Crippen LogP contribution is 2.45.